The molecule has 0 rings (SSSR count). The molecule has 0 aromatic heterocycles. The highest BCUT2D eigenvalue weighted by Crippen LogP contribution is 2.22. The van der Waals surface area contributed by atoms with Gasteiger partial charge in [-0.15, -0.1) is 0 Å². The van der Waals surface area contributed by atoms with E-state index in [9.17, 15) is 4.79 Å². The van der Waals surface area contributed by atoms with Gasteiger partial charge in [0.05, 0.1) is 17.8 Å². The first-order chi connectivity index (χ1) is 26.2. The zero-order valence-corrected chi connectivity index (χ0v) is 38.2. The van der Waals surface area contributed by atoms with Gasteiger partial charge in [0.15, 0.2) is 0 Å². The van der Waals surface area contributed by atoms with Gasteiger partial charge in [-0.1, -0.05) is 206 Å². The number of rotatable bonds is 43. The second kappa shape index (κ2) is 39.0. The van der Waals surface area contributed by atoms with Crippen LogP contribution in [0.25, 0.3) is 0 Å². The molecule has 5 nitrogen and oxygen atoms in total. The first kappa shape index (κ1) is 53.2. The number of nitrogens with one attached hydrogen (secondary N) is 2. The summed E-state index contributed by atoms with van der Waals surface area (Å²) in [6.45, 7) is 15.3. The van der Waals surface area contributed by atoms with Crippen molar-refractivity contribution in [3.8, 4) is 0 Å². The first-order valence-corrected chi connectivity index (χ1v) is 24.4. The lowest BCUT2D eigenvalue weighted by molar-refractivity contribution is -0.0616. The quantitative estimate of drug-likeness (QED) is 0.0608. The van der Waals surface area contributed by atoms with Crippen molar-refractivity contribution in [3.63, 3.8) is 0 Å². The van der Waals surface area contributed by atoms with Crippen LogP contribution in [0.2, 0.25) is 0 Å². The van der Waals surface area contributed by atoms with Crippen molar-refractivity contribution in [2.45, 2.75) is 277 Å². The Balaban J connectivity index is 4.26. The fraction of sp³-hybridized carbons (Fsp3) is 0.980. The average Bonchev–Trinajstić information content (AvgIpc) is 3.15. The summed E-state index contributed by atoms with van der Waals surface area (Å²) in [4.78, 5) is 12.7. The van der Waals surface area contributed by atoms with Crippen molar-refractivity contribution >= 4 is 6.03 Å². The Labute approximate surface area is 340 Å². The molecule has 0 unspecified atom stereocenters. The standard InChI is InChI=1S/C49H100N2O3/c1-8-10-12-14-16-18-20-22-24-26-28-30-32-34-36-39-46(40-37-35-33-31-29-27-25-23-21-19-17-15-13-11-9-2)45-51-47(52)50-43-38-41-49(5,6)54-44-42-48(3,4)53-7/h46H,8-45H2,1-7H3,(H2,50,51,52). The van der Waals surface area contributed by atoms with Crippen LogP contribution in [0.1, 0.15) is 266 Å². The van der Waals surface area contributed by atoms with Gasteiger partial charge in [-0.05, 0) is 65.7 Å². The Hall–Kier alpha value is -0.810. The van der Waals surface area contributed by atoms with Gasteiger partial charge >= 0.3 is 6.03 Å². The highest BCUT2D eigenvalue weighted by molar-refractivity contribution is 5.73. The number of ether oxygens (including phenoxy) is 2. The normalized spacial score (nSPS) is 12.2. The highest BCUT2D eigenvalue weighted by atomic mass is 16.5. The van der Waals surface area contributed by atoms with Crippen LogP contribution < -0.4 is 10.6 Å². The van der Waals surface area contributed by atoms with Crippen molar-refractivity contribution in [1.29, 1.82) is 0 Å². The fourth-order valence-electron chi connectivity index (χ4n) is 7.72. The Morgan fingerprint density at radius 2 is 0.815 bits per heavy atom. The Morgan fingerprint density at radius 3 is 1.17 bits per heavy atom. The monoisotopic (exact) mass is 765 g/mol. The van der Waals surface area contributed by atoms with E-state index in [-0.39, 0.29) is 17.2 Å². The van der Waals surface area contributed by atoms with Gasteiger partial charge in [0.1, 0.15) is 0 Å². The molecule has 0 aromatic carbocycles. The maximum atomic E-state index is 12.7. The molecule has 2 amide bonds. The number of carbonyl (C=O) groups excluding carboxylic acids is 1. The van der Waals surface area contributed by atoms with Crippen LogP contribution in [0, 0.1) is 5.92 Å². The van der Waals surface area contributed by atoms with E-state index in [0.717, 1.165) is 25.8 Å². The molecule has 0 aliphatic rings. The van der Waals surface area contributed by atoms with E-state index in [1.165, 1.54) is 205 Å². The largest absolute Gasteiger partial charge is 0.379 e. The van der Waals surface area contributed by atoms with Gasteiger partial charge in [-0.25, -0.2) is 4.79 Å². The molecular formula is C49H100N2O3. The van der Waals surface area contributed by atoms with Crippen LogP contribution in [-0.4, -0.2) is 44.0 Å². The van der Waals surface area contributed by atoms with Crippen LogP contribution in [0.15, 0.2) is 0 Å². The van der Waals surface area contributed by atoms with Gasteiger partial charge in [0.25, 0.3) is 0 Å². The van der Waals surface area contributed by atoms with E-state index in [4.69, 9.17) is 9.47 Å². The minimum atomic E-state index is -0.201. The number of unbranched alkanes of at least 4 members (excludes halogenated alkanes) is 28. The third-order valence-electron chi connectivity index (χ3n) is 12.0. The number of hydrogen-bond donors (Lipinski definition) is 2. The van der Waals surface area contributed by atoms with Crippen LogP contribution in [-0.2, 0) is 9.47 Å². The van der Waals surface area contributed by atoms with Crippen molar-refractivity contribution in [2.24, 2.45) is 5.92 Å². The molecule has 2 N–H and O–H groups in total. The first-order valence-electron chi connectivity index (χ1n) is 24.4. The zero-order valence-electron chi connectivity index (χ0n) is 38.2. The minimum Gasteiger partial charge on any atom is -0.379 e. The molecule has 5 heteroatoms. The third-order valence-corrected chi connectivity index (χ3v) is 12.0. The molecule has 54 heavy (non-hydrogen) atoms. The molecule has 0 fully saturated rings. The molecule has 0 spiro atoms. The van der Waals surface area contributed by atoms with Gasteiger partial charge in [-0.2, -0.15) is 0 Å². The van der Waals surface area contributed by atoms with Gasteiger partial charge in [0.2, 0.25) is 0 Å². The van der Waals surface area contributed by atoms with Crippen molar-refractivity contribution in [3.05, 3.63) is 0 Å². The van der Waals surface area contributed by atoms with Gasteiger partial charge in [-0.3, -0.25) is 0 Å². The lowest BCUT2D eigenvalue weighted by atomic mass is 9.94. The molecule has 0 saturated carbocycles. The second-order valence-corrected chi connectivity index (χ2v) is 18.4. The topological polar surface area (TPSA) is 59.6 Å². The maximum Gasteiger partial charge on any atom is 0.314 e. The smallest absolute Gasteiger partial charge is 0.314 e. The summed E-state index contributed by atoms with van der Waals surface area (Å²) >= 11 is 0. The van der Waals surface area contributed by atoms with Crippen LogP contribution in [0.3, 0.4) is 0 Å². The number of hydrogen-bond acceptors (Lipinski definition) is 3. The lowest BCUT2D eigenvalue weighted by Gasteiger charge is -2.29. The van der Waals surface area contributed by atoms with E-state index in [1.807, 2.05) is 0 Å². The van der Waals surface area contributed by atoms with Crippen molar-refractivity contribution < 1.29 is 14.3 Å². The Morgan fingerprint density at radius 1 is 0.463 bits per heavy atom. The zero-order chi connectivity index (χ0) is 39.9. The summed E-state index contributed by atoms with van der Waals surface area (Å²) < 4.78 is 11.7. The second-order valence-electron chi connectivity index (χ2n) is 18.4. The molecule has 0 aliphatic heterocycles. The SMILES string of the molecule is CCCCCCCCCCCCCCCCCC(CCCCCCCCCCCCCCCCC)CNC(=O)NCCCC(C)(C)OCCC(C)(C)OC. The molecule has 0 aliphatic carbocycles. The fourth-order valence-corrected chi connectivity index (χ4v) is 7.72. The minimum absolute atomic E-state index is 0.00597. The van der Waals surface area contributed by atoms with Crippen LogP contribution in [0.4, 0.5) is 4.79 Å². The van der Waals surface area contributed by atoms with Crippen molar-refractivity contribution in [2.75, 3.05) is 26.8 Å². The summed E-state index contributed by atoms with van der Waals surface area (Å²) in [6.07, 6.45) is 47.5. The average molecular weight is 765 g/mol. The Kier molecular flexibility index (Phi) is 38.5. The molecule has 0 aromatic rings. The van der Waals surface area contributed by atoms with Crippen LogP contribution >= 0.6 is 0 Å². The predicted molar refractivity (Wildman–Crippen MR) is 239 cm³/mol. The molecule has 0 saturated heterocycles. The number of carbonyl (C=O) groups is 1. The molecule has 0 bridgehead atoms. The summed E-state index contributed by atoms with van der Waals surface area (Å²) in [6, 6.07) is -0.00597. The van der Waals surface area contributed by atoms with E-state index in [2.05, 4.69) is 52.2 Å². The van der Waals surface area contributed by atoms with E-state index >= 15 is 0 Å². The molecule has 0 atom stereocenters. The highest BCUT2D eigenvalue weighted by Gasteiger charge is 2.22. The number of urea groups is 1. The predicted octanol–water partition coefficient (Wildman–Crippen LogP) is 15.8. The summed E-state index contributed by atoms with van der Waals surface area (Å²) in [7, 11) is 1.76. The molecular weight excluding hydrogens is 665 g/mol. The molecule has 324 valence electrons. The van der Waals surface area contributed by atoms with Crippen molar-refractivity contribution in [1.82, 2.24) is 10.6 Å². The molecule has 0 heterocycles. The molecule has 0 radical (unpaired) electrons. The summed E-state index contributed by atoms with van der Waals surface area (Å²) in [5, 5.41) is 6.37. The van der Waals surface area contributed by atoms with Gasteiger partial charge < -0.3 is 20.1 Å². The van der Waals surface area contributed by atoms with E-state index in [1.54, 1.807) is 7.11 Å². The maximum absolute atomic E-state index is 12.7. The number of amides is 2. The summed E-state index contributed by atoms with van der Waals surface area (Å²) in [5.74, 6) is 0.600. The summed E-state index contributed by atoms with van der Waals surface area (Å²) in [5.41, 5.74) is -0.362. The Bertz CT molecular complexity index is 736. The van der Waals surface area contributed by atoms with Gasteiger partial charge in [0, 0.05) is 20.2 Å². The number of methoxy groups -OCH3 is 1. The lowest BCUT2D eigenvalue weighted by Crippen LogP contribution is -2.39. The van der Waals surface area contributed by atoms with E-state index in [0.29, 0.717) is 19.1 Å². The van der Waals surface area contributed by atoms with E-state index < -0.39 is 0 Å². The van der Waals surface area contributed by atoms with Crippen LogP contribution in [0.5, 0.6) is 0 Å². The third kappa shape index (κ3) is 39.4.